The molecule has 134 valence electrons. The summed E-state index contributed by atoms with van der Waals surface area (Å²) >= 11 is 6.15. The molecule has 6 nitrogen and oxygen atoms in total. The summed E-state index contributed by atoms with van der Waals surface area (Å²) in [5.74, 6) is -1.73. The summed E-state index contributed by atoms with van der Waals surface area (Å²) in [6.45, 7) is 1.03. The number of anilines is 1. The third-order valence-corrected chi connectivity index (χ3v) is 4.43. The second kappa shape index (κ2) is 6.76. The van der Waals surface area contributed by atoms with Crippen molar-refractivity contribution in [2.24, 2.45) is 0 Å². The lowest BCUT2D eigenvalue weighted by molar-refractivity contribution is -0.133. The Kier molecular flexibility index (Phi) is 4.65. The Morgan fingerprint density at radius 2 is 1.96 bits per heavy atom. The highest BCUT2D eigenvalue weighted by molar-refractivity contribution is 6.32. The lowest BCUT2D eigenvalue weighted by Gasteiger charge is -2.23. The zero-order chi connectivity index (χ0) is 18.9. The summed E-state index contributed by atoms with van der Waals surface area (Å²) in [7, 11) is 0. The maximum Gasteiger partial charge on any atom is 0.325 e. The van der Waals surface area contributed by atoms with Crippen molar-refractivity contribution in [1.82, 2.24) is 10.2 Å². The van der Waals surface area contributed by atoms with Crippen molar-refractivity contribution in [1.29, 1.82) is 0 Å². The van der Waals surface area contributed by atoms with E-state index in [1.165, 1.54) is 25.1 Å². The molecule has 4 amide bonds. The number of rotatable bonds is 4. The summed E-state index contributed by atoms with van der Waals surface area (Å²) < 4.78 is 13.2. The first-order chi connectivity index (χ1) is 12.3. The topological polar surface area (TPSA) is 78.5 Å². The number of halogens is 2. The van der Waals surface area contributed by atoms with E-state index in [9.17, 15) is 18.8 Å². The molecule has 1 heterocycles. The molecule has 1 saturated heterocycles. The SMILES string of the molecule is C[C@@]1(c2ccccc2Cl)NC(=O)N(CC(=O)Nc2cccc(F)c2)C1=O. The van der Waals surface area contributed by atoms with Crippen molar-refractivity contribution in [2.45, 2.75) is 12.5 Å². The van der Waals surface area contributed by atoms with Gasteiger partial charge in [0.15, 0.2) is 0 Å². The number of benzene rings is 2. The van der Waals surface area contributed by atoms with Gasteiger partial charge in [0.2, 0.25) is 5.91 Å². The van der Waals surface area contributed by atoms with Crippen LogP contribution in [0, 0.1) is 5.82 Å². The van der Waals surface area contributed by atoms with Crippen LogP contribution in [0.25, 0.3) is 0 Å². The van der Waals surface area contributed by atoms with Crippen molar-refractivity contribution in [3.05, 3.63) is 64.9 Å². The number of nitrogens with zero attached hydrogens (tertiary/aromatic N) is 1. The van der Waals surface area contributed by atoms with Gasteiger partial charge in [0.05, 0.1) is 0 Å². The van der Waals surface area contributed by atoms with Crippen molar-refractivity contribution < 1.29 is 18.8 Å². The fourth-order valence-electron chi connectivity index (χ4n) is 2.80. The average molecular weight is 376 g/mol. The number of hydrogen-bond donors (Lipinski definition) is 2. The molecule has 1 atom stereocenters. The predicted octanol–water partition coefficient (Wildman–Crippen LogP) is 2.88. The summed E-state index contributed by atoms with van der Waals surface area (Å²) in [4.78, 5) is 38.0. The van der Waals surface area contributed by atoms with Crippen molar-refractivity contribution in [3.8, 4) is 0 Å². The van der Waals surface area contributed by atoms with Gasteiger partial charge in [-0.1, -0.05) is 35.9 Å². The van der Waals surface area contributed by atoms with Crippen molar-refractivity contribution >= 4 is 35.1 Å². The number of imide groups is 1. The van der Waals surface area contributed by atoms with Gasteiger partial charge < -0.3 is 10.6 Å². The second-order valence-electron chi connectivity index (χ2n) is 5.98. The zero-order valence-electron chi connectivity index (χ0n) is 13.8. The number of carbonyl (C=O) groups is 3. The van der Waals surface area contributed by atoms with E-state index in [2.05, 4.69) is 10.6 Å². The van der Waals surface area contributed by atoms with Crippen LogP contribution in [0.2, 0.25) is 5.02 Å². The smallest absolute Gasteiger partial charge is 0.324 e. The lowest BCUT2D eigenvalue weighted by Crippen LogP contribution is -2.42. The summed E-state index contributed by atoms with van der Waals surface area (Å²) in [5.41, 5.74) is -0.696. The highest BCUT2D eigenvalue weighted by Gasteiger charge is 2.50. The van der Waals surface area contributed by atoms with Crippen LogP contribution in [0.15, 0.2) is 48.5 Å². The molecular formula is C18H15ClFN3O3. The van der Waals surface area contributed by atoms with E-state index in [-0.39, 0.29) is 5.69 Å². The maximum absolute atomic E-state index is 13.2. The standard InChI is InChI=1S/C18H15ClFN3O3/c1-18(13-7-2-3-8-14(13)19)16(25)23(17(26)22-18)10-15(24)21-12-6-4-5-11(20)9-12/h2-9H,10H2,1H3,(H,21,24)(H,22,26)/t18-/m0/s1. The first kappa shape index (κ1) is 17.9. The summed E-state index contributed by atoms with van der Waals surface area (Å²) in [5, 5.41) is 5.36. The summed E-state index contributed by atoms with van der Waals surface area (Å²) in [6, 6.07) is 11.3. The van der Waals surface area contributed by atoms with Crippen LogP contribution in [0.1, 0.15) is 12.5 Å². The van der Waals surface area contributed by atoms with E-state index in [1.54, 1.807) is 24.3 Å². The molecule has 0 spiro atoms. The molecule has 0 aromatic heterocycles. The molecular weight excluding hydrogens is 361 g/mol. The average Bonchev–Trinajstić information content (AvgIpc) is 2.79. The third kappa shape index (κ3) is 3.25. The summed E-state index contributed by atoms with van der Waals surface area (Å²) in [6.07, 6.45) is 0. The molecule has 0 radical (unpaired) electrons. The van der Waals surface area contributed by atoms with Crippen LogP contribution in [0.4, 0.5) is 14.9 Å². The van der Waals surface area contributed by atoms with E-state index in [0.717, 1.165) is 11.0 Å². The predicted molar refractivity (Wildman–Crippen MR) is 94.1 cm³/mol. The highest BCUT2D eigenvalue weighted by Crippen LogP contribution is 2.33. The van der Waals surface area contributed by atoms with Crippen LogP contribution >= 0.6 is 11.6 Å². The van der Waals surface area contributed by atoms with E-state index < -0.39 is 35.7 Å². The van der Waals surface area contributed by atoms with Gasteiger partial charge in [0.25, 0.3) is 5.91 Å². The zero-order valence-corrected chi connectivity index (χ0v) is 14.5. The Labute approximate surface area is 153 Å². The van der Waals surface area contributed by atoms with Gasteiger partial charge in [-0.05, 0) is 31.2 Å². The van der Waals surface area contributed by atoms with Crippen LogP contribution in [-0.2, 0) is 15.1 Å². The Bertz CT molecular complexity index is 905. The largest absolute Gasteiger partial charge is 0.325 e. The molecule has 2 aromatic carbocycles. The Hall–Kier alpha value is -2.93. The minimum Gasteiger partial charge on any atom is -0.324 e. The van der Waals surface area contributed by atoms with Gasteiger partial charge in [-0.25, -0.2) is 9.18 Å². The molecule has 1 aliphatic rings. The van der Waals surface area contributed by atoms with E-state index >= 15 is 0 Å². The van der Waals surface area contributed by atoms with E-state index in [4.69, 9.17) is 11.6 Å². The van der Waals surface area contributed by atoms with Gasteiger partial charge in [-0.3, -0.25) is 14.5 Å². The Morgan fingerprint density at radius 1 is 1.23 bits per heavy atom. The fourth-order valence-corrected chi connectivity index (χ4v) is 3.12. The highest BCUT2D eigenvalue weighted by atomic mass is 35.5. The van der Waals surface area contributed by atoms with Crippen LogP contribution in [0.3, 0.4) is 0 Å². The normalized spacial score (nSPS) is 19.4. The molecule has 0 bridgehead atoms. The number of nitrogens with one attached hydrogen (secondary N) is 2. The number of hydrogen-bond acceptors (Lipinski definition) is 3. The van der Waals surface area contributed by atoms with Crippen molar-refractivity contribution in [2.75, 3.05) is 11.9 Å². The van der Waals surface area contributed by atoms with Gasteiger partial charge in [-0.15, -0.1) is 0 Å². The second-order valence-corrected chi connectivity index (χ2v) is 6.39. The van der Waals surface area contributed by atoms with Gasteiger partial charge >= 0.3 is 6.03 Å². The minimum atomic E-state index is -1.37. The van der Waals surface area contributed by atoms with Gasteiger partial charge in [-0.2, -0.15) is 0 Å². The maximum atomic E-state index is 13.2. The number of amides is 4. The van der Waals surface area contributed by atoms with E-state index in [0.29, 0.717) is 10.6 Å². The molecule has 0 unspecified atom stereocenters. The first-order valence-electron chi connectivity index (χ1n) is 7.76. The van der Waals surface area contributed by atoms with Crippen LogP contribution < -0.4 is 10.6 Å². The van der Waals surface area contributed by atoms with E-state index in [1.807, 2.05) is 0 Å². The number of urea groups is 1. The van der Waals surface area contributed by atoms with Crippen molar-refractivity contribution in [3.63, 3.8) is 0 Å². The quantitative estimate of drug-likeness (QED) is 0.806. The molecule has 0 aliphatic carbocycles. The van der Waals surface area contributed by atoms with Gasteiger partial charge in [0, 0.05) is 16.3 Å². The molecule has 1 fully saturated rings. The van der Waals surface area contributed by atoms with Gasteiger partial charge in [0.1, 0.15) is 17.9 Å². The Balaban J connectivity index is 1.77. The third-order valence-electron chi connectivity index (χ3n) is 4.10. The molecule has 8 heteroatoms. The lowest BCUT2D eigenvalue weighted by atomic mass is 9.92. The molecule has 2 N–H and O–H groups in total. The minimum absolute atomic E-state index is 0.232. The molecule has 2 aromatic rings. The first-order valence-corrected chi connectivity index (χ1v) is 8.13. The monoisotopic (exact) mass is 375 g/mol. The Morgan fingerprint density at radius 3 is 2.65 bits per heavy atom. The number of carbonyl (C=O) groups excluding carboxylic acids is 3. The van der Waals surface area contributed by atoms with Crippen LogP contribution in [-0.4, -0.2) is 29.3 Å². The molecule has 3 rings (SSSR count). The fraction of sp³-hybridized carbons (Fsp3) is 0.167. The molecule has 1 aliphatic heterocycles. The molecule has 26 heavy (non-hydrogen) atoms. The van der Waals surface area contributed by atoms with Crippen LogP contribution in [0.5, 0.6) is 0 Å². The molecule has 0 saturated carbocycles.